The number of anilines is 1. The van der Waals surface area contributed by atoms with E-state index in [0.29, 0.717) is 12.0 Å². The van der Waals surface area contributed by atoms with E-state index >= 15 is 0 Å². The number of aliphatic imine (C=N–C) groups is 1. The Labute approximate surface area is 179 Å². The van der Waals surface area contributed by atoms with Crippen molar-refractivity contribution < 1.29 is 9.47 Å². The van der Waals surface area contributed by atoms with Gasteiger partial charge in [0.2, 0.25) is 0 Å². The molecule has 160 valence electrons. The lowest BCUT2D eigenvalue weighted by Crippen LogP contribution is -2.51. The lowest BCUT2D eigenvalue weighted by atomic mass is 9.93. The van der Waals surface area contributed by atoms with Gasteiger partial charge in [-0.3, -0.25) is 4.99 Å². The summed E-state index contributed by atoms with van der Waals surface area (Å²) in [5.74, 6) is 3.24. The predicted octanol–water partition coefficient (Wildman–Crippen LogP) is 3.40. The van der Waals surface area contributed by atoms with Gasteiger partial charge < -0.3 is 25.0 Å². The molecule has 1 saturated heterocycles. The molecule has 1 fully saturated rings. The third-order valence-electron chi connectivity index (χ3n) is 6.01. The minimum atomic E-state index is 0.344. The Morgan fingerprint density at radius 3 is 2.87 bits per heavy atom. The molecule has 2 unspecified atom stereocenters. The van der Waals surface area contributed by atoms with Gasteiger partial charge in [0.05, 0.1) is 19.4 Å². The second-order valence-corrected chi connectivity index (χ2v) is 7.93. The first-order valence-corrected chi connectivity index (χ1v) is 10.9. The molecule has 2 aromatic carbocycles. The molecule has 0 spiro atoms. The smallest absolute Gasteiger partial charge is 0.191 e. The molecule has 0 amide bonds. The number of ether oxygens (including phenoxy) is 2. The van der Waals surface area contributed by atoms with Gasteiger partial charge >= 0.3 is 0 Å². The highest BCUT2D eigenvalue weighted by Gasteiger charge is 2.24. The van der Waals surface area contributed by atoms with Crippen LogP contribution in [0.25, 0.3) is 0 Å². The zero-order chi connectivity index (χ0) is 20.8. The van der Waals surface area contributed by atoms with Crippen LogP contribution in [0.1, 0.15) is 30.7 Å². The van der Waals surface area contributed by atoms with Crippen LogP contribution in [0.2, 0.25) is 0 Å². The molecule has 6 heteroatoms. The Hall–Kier alpha value is -2.89. The van der Waals surface area contributed by atoms with Crippen molar-refractivity contribution in [3.05, 3.63) is 54.1 Å². The van der Waals surface area contributed by atoms with Crippen LogP contribution in [-0.2, 0) is 0 Å². The monoisotopic (exact) mass is 408 g/mol. The molecule has 0 saturated carbocycles. The van der Waals surface area contributed by atoms with Gasteiger partial charge in [0.15, 0.2) is 5.96 Å². The van der Waals surface area contributed by atoms with Gasteiger partial charge in [-0.25, -0.2) is 0 Å². The molecular formula is C24H32N4O2. The van der Waals surface area contributed by atoms with E-state index in [0.717, 1.165) is 68.6 Å². The first kappa shape index (κ1) is 20.4. The van der Waals surface area contributed by atoms with Crippen LogP contribution < -0.4 is 25.0 Å². The summed E-state index contributed by atoms with van der Waals surface area (Å²) in [6.07, 6.45) is 3.29. The average Bonchev–Trinajstić information content (AvgIpc) is 2.81. The van der Waals surface area contributed by atoms with Gasteiger partial charge in [0.25, 0.3) is 0 Å². The van der Waals surface area contributed by atoms with Gasteiger partial charge in [0.1, 0.15) is 11.5 Å². The minimum absolute atomic E-state index is 0.344. The average molecular weight is 409 g/mol. The van der Waals surface area contributed by atoms with Crippen LogP contribution in [0.15, 0.2) is 53.5 Å². The summed E-state index contributed by atoms with van der Waals surface area (Å²) in [7, 11) is 3.58. The van der Waals surface area contributed by atoms with E-state index in [9.17, 15) is 0 Å². The Bertz CT molecular complexity index is 870. The highest BCUT2D eigenvalue weighted by atomic mass is 16.5. The summed E-state index contributed by atoms with van der Waals surface area (Å²) < 4.78 is 11.4. The largest absolute Gasteiger partial charge is 0.495 e. The molecule has 0 aliphatic carbocycles. The molecule has 2 N–H and O–H groups in total. The maximum Gasteiger partial charge on any atom is 0.191 e. The topological polar surface area (TPSA) is 58.1 Å². The zero-order valence-corrected chi connectivity index (χ0v) is 17.9. The van der Waals surface area contributed by atoms with E-state index in [-0.39, 0.29) is 0 Å². The first-order valence-electron chi connectivity index (χ1n) is 10.9. The number of para-hydroxylation sites is 3. The minimum Gasteiger partial charge on any atom is -0.495 e. The highest BCUT2D eigenvalue weighted by molar-refractivity contribution is 5.80. The number of fused-ring (bicyclic) bond motifs is 1. The van der Waals surface area contributed by atoms with Gasteiger partial charge in [-0.1, -0.05) is 30.3 Å². The van der Waals surface area contributed by atoms with Crippen LogP contribution in [0.4, 0.5) is 5.69 Å². The molecule has 2 heterocycles. The fraction of sp³-hybridized carbons (Fsp3) is 0.458. The second kappa shape index (κ2) is 9.74. The number of hydrogen-bond acceptors (Lipinski definition) is 4. The maximum atomic E-state index is 5.79. The van der Waals surface area contributed by atoms with E-state index in [2.05, 4.69) is 50.9 Å². The summed E-state index contributed by atoms with van der Waals surface area (Å²) in [6.45, 7) is 3.60. The lowest BCUT2D eigenvalue weighted by Gasteiger charge is -2.36. The molecule has 2 atom stereocenters. The first-order chi connectivity index (χ1) is 14.8. The molecular weight excluding hydrogens is 376 g/mol. The van der Waals surface area contributed by atoms with Crippen molar-refractivity contribution in [3.63, 3.8) is 0 Å². The van der Waals surface area contributed by atoms with Crippen molar-refractivity contribution in [2.24, 2.45) is 4.99 Å². The number of piperidine rings is 1. The van der Waals surface area contributed by atoms with Gasteiger partial charge in [-0.05, 0) is 43.0 Å². The number of rotatable bonds is 5. The van der Waals surface area contributed by atoms with Crippen molar-refractivity contribution in [3.8, 4) is 11.5 Å². The Morgan fingerprint density at radius 1 is 1.17 bits per heavy atom. The number of nitrogens with one attached hydrogen (secondary N) is 2. The summed E-state index contributed by atoms with van der Waals surface area (Å²) in [5, 5.41) is 7.18. The quantitative estimate of drug-likeness (QED) is 0.587. The van der Waals surface area contributed by atoms with Gasteiger partial charge in [-0.15, -0.1) is 0 Å². The summed E-state index contributed by atoms with van der Waals surface area (Å²) >= 11 is 0. The molecule has 0 aromatic heterocycles. The molecule has 0 bridgehead atoms. The number of methoxy groups -OCH3 is 1. The summed E-state index contributed by atoms with van der Waals surface area (Å²) in [6, 6.07) is 16.9. The standard InChI is InChI=1S/C24H32N4O2/c1-25-24(26-16-18-13-15-30-22-11-5-3-9-20(18)22)27-19-8-7-14-28(17-19)21-10-4-6-12-23(21)29-2/h3-6,9-12,18-19H,7-8,13-17H2,1-2H3,(H2,25,26,27). The third-order valence-corrected chi connectivity index (χ3v) is 6.01. The molecule has 4 rings (SSSR count). The fourth-order valence-corrected chi connectivity index (χ4v) is 4.44. The van der Waals surface area contributed by atoms with Gasteiger partial charge in [0, 0.05) is 38.6 Å². The molecule has 0 radical (unpaired) electrons. The lowest BCUT2D eigenvalue weighted by molar-refractivity contribution is 0.267. The van der Waals surface area contributed by atoms with Crippen LogP contribution in [0, 0.1) is 0 Å². The van der Waals surface area contributed by atoms with Crippen LogP contribution in [-0.4, -0.2) is 52.4 Å². The molecule has 6 nitrogen and oxygen atoms in total. The van der Waals surface area contributed by atoms with E-state index in [4.69, 9.17) is 9.47 Å². The number of guanidine groups is 1. The maximum absolute atomic E-state index is 5.79. The molecule has 30 heavy (non-hydrogen) atoms. The van der Waals surface area contributed by atoms with Crippen molar-refractivity contribution in [1.82, 2.24) is 10.6 Å². The fourth-order valence-electron chi connectivity index (χ4n) is 4.44. The predicted molar refractivity (Wildman–Crippen MR) is 122 cm³/mol. The van der Waals surface area contributed by atoms with Crippen LogP contribution in [0.3, 0.4) is 0 Å². The Morgan fingerprint density at radius 2 is 2.00 bits per heavy atom. The summed E-state index contributed by atoms with van der Waals surface area (Å²) in [5.41, 5.74) is 2.44. The molecule has 2 aromatic rings. The number of hydrogen-bond donors (Lipinski definition) is 2. The Kier molecular flexibility index (Phi) is 6.62. The second-order valence-electron chi connectivity index (χ2n) is 7.93. The van der Waals surface area contributed by atoms with Gasteiger partial charge in [-0.2, -0.15) is 0 Å². The van der Waals surface area contributed by atoms with Crippen LogP contribution in [0.5, 0.6) is 11.5 Å². The zero-order valence-electron chi connectivity index (χ0n) is 17.9. The highest BCUT2D eigenvalue weighted by Crippen LogP contribution is 2.33. The molecule has 2 aliphatic rings. The Balaban J connectivity index is 1.35. The van der Waals surface area contributed by atoms with Crippen molar-refractivity contribution in [1.29, 1.82) is 0 Å². The number of nitrogens with zero attached hydrogens (tertiary/aromatic N) is 2. The number of benzene rings is 2. The van der Waals surface area contributed by atoms with Crippen molar-refractivity contribution >= 4 is 11.6 Å². The van der Waals surface area contributed by atoms with Crippen molar-refractivity contribution in [2.45, 2.75) is 31.2 Å². The van der Waals surface area contributed by atoms with Crippen LogP contribution >= 0.6 is 0 Å². The van der Waals surface area contributed by atoms with E-state index < -0.39 is 0 Å². The van der Waals surface area contributed by atoms with E-state index in [1.165, 1.54) is 5.56 Å². The van der Waals surface area contributed by atoms with E-state index in [1.54, 1.807) is 7.11 Å². The van der Waals surface area contributed by atoms with Crippen molar-refractivity contribution in [2.75, 3.05) is 45.3 Å². The SMILES string of the molecule is CN=C(NCC1CCOc2ccccc21)NC1CCCN(c2ccccc2OC)C1. The molecule has 2 aliphatic heterocycles. The normalized spacial score (nSPS) is 21.4. The summed E-state index contributed by atoms with van der Waals surface area (Å²) in [4.78, 5) is 6.88. The third kappa shape index (κ3) is 4.64. The van der Waals surface area contributed by atoms with E-state index in [1.807, 2.05) is 25.2 Å².